The highest BCUT2D eigenvalue weighted by atomic mass is 16.7. The highest BCUT2D eigenvalue weighted by Gasteiger charge is 2.43. The van der Waals surface area contributed by atoms with Crippen molar-refractivity contribution in [1.29, 1.82) is 0 Å². The molecule has 1 aliphatic rings. The molecule has 3 rings (SSSR count). The summed E-state index contributed by atoms with van der Waals surface area (Å²) in [6, 6.07) is 15.3. The number of aliphatic hydroxyl groups is 1. The van der Waals surface area contributed by atoms with Gasteiger partial charge in [0.2, 0.25) is 0 Å². The van der Waals surface area contributed by atoms with Crippen molar-refractivity contribution in [3.63, 3.8) is 0 Å². The Balaban J connectivity index is 1.92. The summed E-state index contributed by atoms with van der Waals surface area (Å²) in [5, 5.41) is 10.4. The minimum atomic E-state index is -2.05. The minimum Gasteiger partial charge on any atom is -0.461 e. The third-order valence-corrected chi connectivity index (χ3v) is 3.66. The van der Waals surface area contributed by atoms with Gasteiger partial charge in [-0.15, -0.1) is 0 Å². The van der Waals surface area contributed by atoms with E-state index >= 15 is 0 Å². The first kappa shape index (κ1) is 15.2. The molecule has 0 bridgehead atoms. The molecule has 118 valence electrons. The number of hydrogen-bond donors (Lipinski definition) is 1. The number of carbonyl (C=O) groups is 2. The van der Waals surface area contributed by atoms with Crippen molar-refractivity contribution in [3.8, 4) is 5.75 Å². The summed E-state index contributed by atoms with van der Waals surface area (Å²) in [6.45, 7) is 0.259. The first-order chi connectivity index (χ1) is 11.1. The van der Waals surface area contributed by atoms with Crippen molar-refractivity contribution in [2.24, 2.45) is 0 Å². The molecule has 1 atom stereocenters. The molecule has 2 aromatic carbocycles. The number of hydrogen-bond acceptors (Lipinski definition) is 5. The monoisotopic (exact) mass is 312 g/mol. The second-order valence-electron chi connectivity index (χ2n) is 5.32. The molecule has 1 N–H and O–H groups in total. The van der Waals surface area contributed by atoms with Crippen LogP contribution in [0.15, 0.2) is 54.6 Å². The fourth-order valence-electron chi connectivity index (χ4n) is 2.45. The molecule has 0 aromatic heterocycles. The van der Waals surface area contributed by atoms with Crippen molar-refractivity contribution < 1.29 is 24.2 Å². The Kier molecular flexibility index (Phi) is 4.12. The molecule has 5 heteroatoms. The lowest BCUT2D eigenvalue weighted by Gasteiger charge is -2.30. The summed E-state index contributed by atoms with van der Waals surface area (Å²) in [4.78, 5) is 24.4. The summed E-state index contributed by atoms with van der Waals surface area (Å²) < 4.78 is 10.3. The van der Waals surface area contributed by atoms with Gasteiger partial charge in [0.25, 0.3) is 0 Å². The molecule has 2 aromatic rings. The molecule has 5 nitrogen and oxygen atoms in total. The molecule has 23 heavy (non-hydrogen) atoms. The van der Waals surface area contributed by atoms with Gasteiger partial charge in [-0.1, -0.05) is 42.5 Å². The first-order valence-electron chi connectivity index (χ1n) is 7.37. The fraction of sp³-hybridized carbons (Fsp3) is 0.222. The van der Waals surface area contributed by atoms with Crippen molar-refractivity contribution in [2.75, 3.05) is 6.61 Å². The van der Waals surface area contributed by atoms with Crippen molar-refractivity contribution in [3.05, 3.63) is 65.7 Å². The fourth-order valence-corrected chi connectivity index (χ4v) is 2.45. The molecule has 1 fully saturated rings. The number of esters is 1. The van der Waals surface area contributed by atoms with Crippen LogP contribution >= 0.6 is 0 Å². The number of rotatable bonds is 4. The summed E-state index contributed by atoms with van der Waals surface area (Å²) in [5.41, 5.74) is 0.784. The zero-order valence-corrected chi connectivity index (χ0v) is 12.4. The smallest absolute Gasteiger partial charge is 0.379 e. The van der Waals surface area contributed by atoms with Crippen molar-refractivity contribution in [1.82, 2.24) is 0 Å². The quantitative estimate of drug-likeness (QED) is 0.533. The third kappa shape index (κ3) is 3.10. The predicted molar refractivity (Wildman–Crippen MR) is 82.1 cm³/mol. The summed E-state index contributed by atoms with van der Waals surface area (Å²) in [6.07, 6.45) is 0.622. The van der Waals surface area contributed by atoms with E-state index in [0.717, 1.165) is 0 Å². The van der Waals surface area contributed by atoms with E-state index in [0.29, 0.717) is 12.0 Å². The molecular weight excluding hydrogens is 296 g/mol. The van der Waals surface area contributed by atoms with Crippen LogP contribution in [0.4, 0.5) is 0 Å². The Morgan fingerprint density at radius 3 is 2.52 bits per heavy atom. The standard InChI is InChI=1S/C18H16O5/c19-16(13-7-2-1-3-8-13)14-9-4-5-10-15(14)23-18(21)11-6-12-22-17(18)20/h1-5,7-10,21H,6,11-12H2. The van der Waals surface area contributed by atoms with E-state index in [2.05, 4.69) is 0 Å². The first-order valence-corrected chi connectivity index (χ1v) is 7.37. The van der Waals surface area contributed by atoms with E-state index < -0.39 is 11.8 Å². The molecule has 1 unspecified atom stereocenters. The lowest BCUT2D eigenvalue weighted by atomic mass is 10.0. The van der Waals surface area contributed by atoms with E-state index in [1.807, 2.05) is 6.07 Å². The molecule has 0 radical (unpaired) electrons. The largest absolute Gasteiger partial charge is 0.461 e. The molecule has 1 aliphatic heterocycles. The van der Waals surface area contributed by atoms with Crippen molar-refractivity contribution >= 4 is 11.8 Å². The maximum Gasteiger partial charge on any atom is 0.379 e. The predicted octanol–water partition coefficient (Wildman–Crippen LogP) is 2.32. The van der Waals surface area contributed by atoms with Crippen LogP contribution in [0.1, 0.15) is 28.8 Å². The topological polar surface area (TPSA) is 72.8 Å². The van der Waals surface area contributed by atoms with Crippen LogP contribution in [-0.2, 0) is 9.53 Å². The van der Waals surface area contributed by atoms with Gasteiger partial charge in [0.05, 0.1) is 12.2 Å². The highest BCUT2D eigenvalue weighted by molar-refractivity contribution is 6.10. The van der Waals surface area contributed by atoms with Gasteiger partial charge in [-0.2, -0.15) is 0 Å². The molecule has 0 spiro atoms. The van der Waals surface area contributed by atoms with Gasteiger partial charge in [-0.3, -0.25) is 4.79 Å². The van der Waals surface area contributed by atoms with Crippen LogP contribution in [0, 0.1) is 0 Å². The summed E-state index contributed by atoms with van der Waals surface area (Å²) in [5.74, 6) is -2.96. The average molecular weight is 312 g/mol. The second-order valence-corrected chi connectivity index (χ2v) is 5.32. The van der Waals surface area contributed by atoms with Gasteiger partial charge < -0.3 is 14.6 Å². The van der Waals surface area contributed by atoms with E-state index in [9.17, 15) is 14.7 Å². The van der Waals surface area contributed by atoms with Gasteiger partial charge in [-0.05, 0) is 18.6 Å². The average Bonchev–Trinajstić information content (AvgIpc) is 2.58. The summed E-state index contributed by atoms with van der Waals surface area (Å²) >= 11 is 0. The van der Waals surface area contributed by atoms with E-state index in [4.69, 9.17) is 9.47 Å². The number of cyclic esters (lactones) is 1. The van der Waals surface area contributed by atoms with Crippen molar-refractivity contribution in [2.45, 2.75) is 18.6 Å². The maximum atomic E-state index is 12.6. The van der Waals surface area contributed by atoms with Gasteiger partial charge in [0.1, 0.15) is 5.75 Å². The SMILES string of the molecule is O=C(c1ccccc1)c1ccccc1OC1(O)CCCOC1=O. The Morgan fingerprint density at radius 1 is 1.09 bits per heavy atom. The lowest BCUT2D eigenvalue weighted by Crippen LogP contribution is -2.49. The number of ketones is 1. The number of benzene rings is 2. The third-order valence-electron chi connectivity index (χ3n) is 3.66. The number of carbonyl (C=O) groups excluding carboxylic acids is 2. The zero-order chi connectivity index (χ0) is 16.3. The van der Waals surface area contributed by atoms with Crippen LogP contribution in [0.25, 0.3) is 0 Å². The van der Waals surface area contributed by atoms with Crippen LogP contribution < -0.4 is 4.74 Å². The van der Waals surface area contributed by atoms with Crippen LogP contribution in [0.2, 0.25) is 0 Å². The Morgan fingerprint density at radius 2 is 1.78 bits per heavy atom. The van der Waals surface area contributed by atoms with Crippen LogP contribution in [0.3, 0.4) is 0 Å². The Hall–Kier alpha value is -2.66. The molecule has 0 amide bonds. The normalized spacial score (nSPS) is 20.7. The van der Waals surface area contributed by atoms with E-state index in [1.165, 1.54) is 0 Å². The van der Waals surface area contributed by atoms with E-state index in [-0.39, 0.29) is 30.1 Å². The minimum absolute atomic E-state index is 0.125. The second kappa shape index (κ2) is 6.22. The Labute approximate surface area is 133 Å². The van der Waals surface area contributed by atoms with Gasteiger partial charge in [-0.25, -0.2) is 4.79 Å². The Bertz CT molecular complexity index is 725. The highest BCUT2D eigenvalue weighted by Crippen LogP contribution is 2.29. The summed E-state index contributed by atoms with van der Waals surface area (Å²) in [7, 11) is 0. The molecule has 1 saturated heterocycles. The molecule has 0 saturated carbocycles. The molecule has 1 heterocycles. The van der Waals surface area contributed by atoms with Gasteiger partial charge in [0, 0.05) is 12.0 Å². The lowest BCUT2D eigenvalue weighted by molar-refractivity contribution is -0.212. The van der Waals surface area contributed by atoms with Crippen LogP contribution in [-0.4, -0.2) is 29.3 Å². The van der Waals surface area contributed by atoms with E-state index in [1.54, 1.807) is 48.5 Å². The van der Waals surface area contributed by atoms with Gasteiger partial charge >= 0.3 is 11.8 Å². The molecule has 0 aliphatic carbocycles. The number of para-hydroxylation sites is 1. The van der Waals surface area contributed by atoms with Crippen LogP contribution in [0.5, 0.6) is 5.75 Å². The van der Waals surface area contributed by atoms with Gasteiger partial charge in [0.15, 0.2) is 5.78 Å². The number of ether oxygens (including phenoxy) is 2. The molecular formula is C18H16O5. The maximum absolute atomic E-state index is 12.6. The zero-order valence-electron chi connectivity index (χ0n) is 12.4.